The fraction of sp³-hybridized carbons (Fsp3) is 0.441. The molecule has 0 unspecified atom stereocenters. The molecule has 10 nitrogen and oxygen atoms in total. The van der Waals surface area contributed by atoms with Gasteiger partial charge in [-0.1, -0.05) is 42.5 Å². The lowest BCUT2D eigenvalue weighted by molar-refractivity contribution is -0.145. The van der Waals surface area contributed by atoms with E-state index in [0.29, 0.717) is 47.7 Å². The zero-order chi connectivity index (χ0) is 31.0. The van der Waals surface area contributed by atoms with E-state index in [9.17, 15) is 19.5 Å². The van der Waals surface area contributed by atoms with Crippen LogP contribution in [0.1, 0.15) is 44.1 Å². The number of aryl methyl sites for hydroxylation is 1. The lowest BCUT2D eigenvalue weighted by Crippen LogP contribution is -2.49. The molecule has 1 aliphatic heterocycles. The maximum absolute atomic E-state index is 13.8. The number of carboxylic acids is 1. The number of ether oxygens (including phenoxy) is 2. The first kappa shape index (κ1) is 29.6. The van der Waals surface area contributed by atoms with Gasteiger partial charge in [0.25, 0.3) is 0 Å². The van der Waals surface area contributed by atoms with Crippen molar-refractivity contribution >= 4 is 28.7 Å². The molecule has 3 aromatic rings. The third kappa shape index (κ3) is 5.49. The Morgan fingerprint density at radius 3 is 2.59 bits per heavy atom. The molecule has 0 spiro atoms. The normalized spacial score (nSPS) is 27.9. The van der Waals surface area contributed by atoms with Crippen molar-refractivity contribution in [3.05, 3.63) is 60.2 Å². The summed E-state index contributed by atoms with van der Waals surface area (Å²) in [6.07, 6.45) is 6.83. The van der Waals surface area contributed by atoms with Gasteiger partial charge in [0, 0.05) is 30.6 Å². The molecule has 3 aliphatic rings. The fourth-order valence-corrected chi connectivity index (χ4v) is 6.66. The predicted molar refractivity (Wildman–Crippen MR) is 164 cm³/mol. The standard InChI is InChI=1S/C34H38N4O6/c1-20-27(43-3)15-14-24-28(20)35-29(21-11-7-6-8-12-21)36-31(24)44-23-17-25-26(18-23)32(40)38(2)16-10-5-4-9-13-22-19-34(22,33(41)42)37-30(25)39/h6-9,11-15,22-23,25-26H,4-5,10,16-19H2,1-3H3,(H,37,39)(H,41,42)/b13-9-/t22-,23+,25+,26+,34+/m0/s1. The van der Waals surface area contributed by atoms with Gasteiger partial charge < -0.3 is 24.8 Å². The van der Waals surface area contributed by atoms with Crippen molar-refractivity contribution in [2.45, 2.75) is 57.1 Å². The SMILES string of the molecule is COc1ccc2c(O[C@@H]3C[C@H]4C(=O)N[C@]5(C(=O)O)C[C@@H]5/C=C\CCCCN(C)C(=O)[C@@H]4C3)nc(-c3ccccc3)nc2c1C. The molecule has 2 fully saturated rings. The smallest absolute Gasteiger partial charge is 0.330 e. The van der Waals surface area contributed by atoms with E-state index in [1.54, 1.807) is 19.1 Å². The molecule has 2 aromatic carbocycles. The number of hydrogen-bond acceptors (Lipinski definition) is 7. The Labute approximate surface area is 256 Å². The highest BCUT2D eigenvalue weighted by Crippen LogP contribution is 2.46. The molecule has 2 aliphatic carbocycles. The number of carbonyl (C=O) groups is 3. The molecule has 2 amide bonds. The van der Waals surface area contributed by atoms with Crippen LogP contribution in [0.4, 0.5) is 0 Å². The van der Waals surface area contributed by atoms with Crippen molar-refractivity contribution in [1.82, 2.24) is 20.2 Å². The maximum Gasteiger partial charge on any atom is 0.330 e. The van der Waals surface area contributed by atoms with Crippen LogP contribution in [0.3, 0.4) is 0 Å². The van der Waals surface area contributed by atoms with Crippen LogP contribution in [0, 0.1) is 24.7 Å². The van der Waals surface area contributed by atoms with Gasteiger partial charge in [-0.15, -0.1) is 0 Å². The van der Waals surface area contributed by atoms with Crippen LogP contribution in [0.15, 0.2) is 54.6 Å². The summed E-state index contributed by atoms with van der Waals surface area (Å²) in [4.78, 5) is 51.1. The lowest BCUT2D eigenvalue weighted by atomic mass is 9.93. The van der Waals surface area contributed by atoms with Gasteiger partial charge in [-0.05, 0) is 57.6 Å². The second kappa shape index (κ2) is 11.9. The molecule has 10 heteroatoms. The average molecular weight is 599 g/mol. The second-order valence-electron chi connectivity index (χ2n) is 12.2. The van der Waals surface area contributed by atoms with E-state index in [1.165, 1.54) is 0 Å². The Kier molecular flexibility index (Phi) is 8.00. The number of allylic oxidation sites excluding steroid dienone is 1. The van der Waals surface area contributed by atoms with E-state index in [2.05, 4.69) is 5.32 Å². The molecule has 2 heterocycles. The van der Waals surface area contributed by atoms with Gasteiger partial charge in [-0.3, -0.25) is 9.59 Å². The van der Waals surface area contributed by atoms with Gasteiger partial charge >= 0.3 is 5.97 Å². The summed E-state index contributed by atoms with van der Waals surface area (Å²) in [5.74, 6) is -1.69. The number of hydrogen-bond donors (Lipinski definition) is 2. The minimum Gasteiger partial charge on any atom is -0.496 e. The molecule has 2 saturated carbocycles. The maximum atomic E-state index is 13.8. The van der Waals surface area contributed by atoms with Gasteiger partial charge in [0.05, 0.1) is 29.8 Å². The zero-order valence-corrected chi connectivity index (χ0v) is 25.3. The first-order chi connectivity index (χ1) is 21.2. The molecule has 44 heavy (non-hydrogen) atoms. The van der Waals surface area contributed by atoms with Gasteiger partial charge in [0.2, 0.25) is 17.7 Å². The largest absolute Gasteiger partial charge is 0.496 e. The zero-order valence-electron chi connectivity index (χ0n) is 25.3. The molecule has 230 valence electrons. The third-order valence-electron chi connectivity index (χ3n) is 9.34. The van der Waals surface area contributed by atoms with E-state index >= 15 is 0 Å². The monoisotopic (exact) mass is 598 g/mol. The Morgan fingerprint density at radius 1 is 1.07 bits per heavy atom. The number of fused-ring (bicyclic) bond motifs is 3. The van der Waals surface area contributed by atoms with Crippen LogP contribution in [0.5, 0.6) is 11.6 Å². The van der Waals surface area contributed by atoms with Crippen molar-refractivity contribution in [1.29, 1.82) is 0 Å². The number of nitrogens with one attached hydrogen (secondary N) is 1. The summed E-state index contributed by atoms with van der Waals surface area (Å²) in [6.45, 7) is 2.52. The van der Waals surface area contributed by atoms with Gasteiger partial charge in [0.15, 0.2) is 5.82 Å². The Hall–Kier alpha value is -4.47. The van der Waals surface area contributed by atoms with Crippen LogP contribution in [0.2, 0.25) is 0 Å². The number of rotatable bonds is 5. The van der Waals surface area contributed by atoms with E-state index < -0.39 is 35.4 Å². The van der Waals surface area contributed by atoms with Gasteiger partial charge in [-0.25, -0.2) is 9.78 Å². The number of benzene rings is 2. The number of carboxylic acid groups (broad SMARTS) is 1. The minimum absolute atomic E-state index is 0.126. The molecule has 0 bridgehead atoms. The molecule has 5 atom stereocenters. The minimum atomic E-state index is -1.33. The van der Waals surface area contributed by atoms with Crippen molar-refractivity contribution in [3.63, 3.8) is 0 Å². The Morgan fingerprint density at radius 2 is 1.84 bits per heavy atom. The summed E-state index contributed by atoms with van der Waals surface area (Å²) >= 11 is 0. The van der Waals surface area contributed by atoms with E-state index in [0.717, 1.165) is 30.4 Å². The van der Waals surface area contributed by atoms with Crippen molar-refractivity contribution in [2.24, 2.45) is 17.8 Å². The Balaban J connectivity index is 1.34. The van der Waals surface area contributed by atoms with E-state index in [4.69, 9.17) is 19.4 Å². The van der Waals surface area contributed by atoms with Gasteiger partial charge in [-0.2, -0.15) is 4.98 Å². The van der Waals surface area contributed by atoms with Crippen LogP contribution >= 0.6 is 0 Å². The lowest BCUT2D eigenvalue weighted by Gasteiger charge is -2.26. The predicted octanol–water partition coefficient (Wildman–Crippen LogP) is 4.55. The summed E-state index contributed by atoms with van der Waals surface area (Å²) in [7, 11) is 3.38. The third-order valence-corrected chi connectivity index (χ3v) is 9.34. The fourth-order valence-electron chi connectivity index (χ4n) is 6.66. The summed E-state index contributed by atoms with van der Waals surface area (Å²) in [5, 5.41) is 13.6. The van der Waals surface area contributed by atoms with E-state index in [1.807, 2.05) is 61.5 Å². The van der Waals surface area contributed by atoms with Gasteiger partial charge in [0.1, 0.15) is 17.4 Å². The Bertz CT molecular complexity index is 1620. The van der Waals surface area contributed by atoms with E-state index in [-0.39, 0.29) is 18.2 Å². The molecule has 0 radical (unpaired) electrons. The highest BCUT2D eigenvalue weighted by Gasteiger charge is 2.61. The number of aromatic nitrogens is 2. The molecular formula is C34H38N4O6. The topological polar surface area (TPSA) is 131 Å². The quantitative estimate of drug-likeness (QED) is 0.409. The second-order valence-corrected chi connectivity index (χ2v) is 12.2. The number of nitrogens with zero attached hydrogens (tertiary/aromatic N) is 3. The number of aliphatic carboxylic acids is 1. The van der Waals surface area contributed by atoms with Crippen molar-refractivity contribution in [2.75, 3.05) is 20.7 Å². The highest BCUT2D eigenvalue weighted by molar-refractivity contribution is 5.94. The first-order valence-corrected chi connectivity index (χ1v) is 15.3. The average Bonchev–Trinajstić information content (AvgIpc) is 3.56. The summed E-state index contributed by atoms with van der Waals surface area (Å²) < 4.78 is 12.1. The van der Waals surface area contributed by atoms with Crippen LogP contribution in [0.25, 0.3) is 22.3 Å². The molecular weight excluding hydrogens is 560 g/mol. The van der Waals surface area contributed by atoms with Crippen LogP contribution in [-0.4, -0.2) is 70.1 Å². The van der Waals surface area contributed by atoms with Crippen LogP contribution < -0.4 is 14.8 Å². The summed E-state index contributed by atoms with van der Waals surface area (Å²) in [5.41, 5.74) is 1.02. The molecule has 2 N–H and O–H groups in total. The number of methoxy groups -OCH3 is 1. The number of amides is 2. The molecule has 6 rings (SSSR count). The summed E-state index contributed by atoms with van der Waals surface area (Å²) in [6, 6.07) is 13.3. The van der Waals surface area contributed by atoms with Crippen molar-refractivity contribution in [3.8, 4) is 23.0 Å². The first-order valence-electron chi connectivity index (χ1n) is 15.3. The number of carbonyl (C=O) groups excluding carboxylic acids is 2. The van der Waals surface area contributed by atoms with Crippen molar-refractivity contribution < 1.29 is 29.0 Å². The highest BCUT2D eigenvalue weighted by atomic mass is 16.5. The molecule has 1 aromatic heterocycles. The molecule has 0 saturated heterocycles. The van der Waals surface area contributed by atoms with Crippen LogP contribution in [-0.2, 0) is 14.4 Å².